The van der Waals surface area contributed by atoms with Crippen LogP contribution >= 0.6 is 0 Å². The first-order valence-corrected chi connectivity index (χ1v) is 5.35. The monoisotopic (exact) mass is 211 g/mol. The van der Waals surface area contributed by atoms with Gasteiger partial charge in [0.25, 0.3) is 0 Å². The fourth-order valence-electron chi connectivity index (χ4n) is 2.07. The van der Waals surface area contributed by atoms with Crippen LogP contribution in [0.2, 0.25) is 0 Å². The Hall–Kier alpha value is -0.940. The first-order chi connectivity index (χ1) is 7.29. The summed E-state index contributed by atoms with van der Waals surface area (Å²) in [7, 11) is 1.77. The maximum absolute atomic E-state index is 5.39. The van der Waals surface area contributed by atoms with Gasteiger partial charge < -0.3 is 14.5 Å². The van der Waals surface area contributed by atoms with Gasteiger partial charge >= 0.3 is 0 Å². The highest BCUT2D eigenvalue weighted by atomic mass is 16.5. The van der Waals surface area contributed by atoms with Crippen LogP contribution in [0.15, 0.2) is 4.42 Å². The molecule has 84 valence electrons. The van der Waals surface area contributed by atoms with Crippen molar-refractivity contribution in [1.29, 1.82) is 0 Å². The standard InChI is InChI=1S/C10H17N3O2/c1-7-12-13-10(15-7)6-11-8-4-3-5-9(8)14-2/h8-9,11H,3-6H2,1-2H3. The Morgan fingerprint density at radius 1 is 1.47 bits per heavy atom. The topological polar surface area (TPSA) is 60.2 Å². The quantitative estimate of drug-likeness (QED) is 0.806. The summed E-state index contributed by atoms with van der Waals surface area (Å²) in [5.41, 5.74) is 0. The van der Waals surface area contributed by atoms with Gasteiger partial charge in [-0.25, -0.2) is 0 Å². The van der Waals surface area contributed by atoms with Crippen LogP contribution < -0.4 is 5.32 Å². The van der Waals surface area contributed by atoms with Crippen LogP contribution in [0, 0.1) is 6.92 Å². The van der Waals surface area contributed by atoms with Crippen LogP contribution in [-0.2, 0) is 11.3 Å². The van der Waals surface area contributed by atoms with Crippen molar-refractivity contribution in [3.05, 3.63) is 11.8 Å². The fourth-order valence-corrected chi connectivity index (χ4v) is 2.07. The minimum absolute atomic E-state index is 0.328. The lowest BCUT2D eigenvalue weighted by molar-refractivity contribution is 0.0839. The molecule has 0 spiro atoms. The van der Waals surface area contributed by atoms with Crippen molar-refractivity contribution < 1.29 is 9.15 Å². The summed E-state index contributed by atoms with van der Waals surface area (Å²) in [6.45, 7) is 2.43. The molecule has 1 aromatic heterocycles. The number of hydrogen-bond acceptors (Lipinski definition) is 5. The Morgan fingerprint density at radius 2 is 2.33 bits per heavy atom. The lowest BCUT2D eigenvalue weighted by Gasteiger charge is -2.18. The van der Waals surface area contributed by atoms with E-state index in [1.165, 1.54) is 6.42 Å². The fraction of sp³-hybridized carbons (Fsp3) is 0.800. The highest BCUT2D eigenvalue weighted by Gasteiger charge is 2.26. The summed E-state index contributed by atoms with van der Waals surface area (Å²) < 4.78 is 10.7. The van der Waals surface area contributed by atoms with E-state index in [0.29, 0.717) is 30.5 Å². The smallest absolute Gasteiger partial charge is 0.230 e. The van der Waals surface area contributed by atoms with Crippen molar-refractivity contribution in [1.82, 2.24) is 15.5 Å². The SMILES string of the molecule is COC1CCCC1NCc1nnc(C)o1. The molecule has 0 aliphatic heterocycles. The molecule has 1 aliphatic rings. The Bertz CT molecular complexity index is 313. The molecule has 2 unspecified atom stereocenters. The van der Waals surface area contributed by atoms with Gasteiger partial charge in [0.2, 0.25) is 11.8 Å². The first kappa shape index (κ1) is 10.6. The van der Waals surface area contributed by atoms with E-state index in [1.807, 2.05) is 0 Å². The van der Waals surface area contributed by atoms with Crippen LogP contribution in [0.3, 0.4) is 0 Å². The van der Waals surface area contributed by atoms with Gasteiger partial charge in [0, 0.05) is 20.1 Å². The molecule has 1 fully saturated rings. The van der Waals surface area contributed by atoms with Crippen LogP contribution in [0.25, 0.3) is 0 Å². The second-order valence-electron chi connectivity index (χ2n) is 3.91. The van der Waals surface area contributed by atoms with Gasteiger partial charge in [-0.05, 0) is 19.3 Å². The Labute approximate surface area is 89.2 Å². The van der Waals surface area contributed by atoms with Gasteiger partial charge in [0.1, 0.15) is 0 Å². The van der Waals surface area contributed by atoms with Crippen molar-refractivity contribution >= 4 is 0 Å². The molecule has 1 aromatic rings. The van der Waals surface area contributed by atoms with E-state index in [9.17, 15) is 0 Å². The summed E-state index contributed by atoms with van der Waals surface area (Å²) in [6, 6.07) is 0.419. The Balaban J connectivity index is 1.82. The zero-order chi connectivity index (χ0) is 10.7. The number of methoxy groups -OCH3 is 1. The molecule has 0 aromatic carbocycles. The number of nitrogens with one attached hydrogen (secondary N) is 1. The summed E-state index contributed by atoms with van der Waals surface area (Å²) in [5.74, 6) is 1.26. The third kappa shape index (κ3) is 2.54. The molecule has 1 N–H and O–H groups in total. The predicted molar refractivity (Wildman–Crippen MR) is 54.3 cm³/mol. The molecule has 1 saturated carbocycles. The highest BCUT2D eigenvalue weighted by Crippen LogP contribution is 2.21. The highest BCUT2D eigenvalue weighted by molar-refractivity contribution is 4.86. The maximum Gasteiger partial charge on any atom is 0.230 e. The number of ether oxygens (including phenoxy) is 1. The van der Waals surface area contributed by atoms with E-state index in [4.69, 9.17) is 9.15 Å². The molecule has 2 atom stereocenters. The molecule has 5 nitrogen and oxygen atoms in total. The van der Waals surface area contributed by atoms with E-state index in [1.54, 1.807) is 14.0 Å². The zero-order valence-corrected chi connectivity index (χ0v) is 9.19. The van der Waals surface area contributed by atoms with Crippen LogP contribution in [0.5, 0.6) is 0 Å². The van der Waals surface area contributed by atoms with E-state index in [-0.39, 0.29) is 0 Å². The summed E-state index contributed by atoms with van der Waals surface area (Å²) >= 11 is 0. The van der Waals surface area contributed by atoms with E-state index in [0.717, 1.165) is 12.8 Å². The van der Waals surface area contributed by atoms with Crippen LogP contribution in [-0.4, -0.2) is 29.5 Å². The largest absolute Gasteiger partial charge is 0.424 e. The Morgan fingerprint density at radius 3 is 3.00 bits per heavy atom. The number of nitrogens with zero attached hydrogens (tertiary/aromatic N) is 2. The number of rotatable bonds is 4. The molecule has 15 heavy (non-hydrogen) atoms. The van der Waals surface area contributed by atoms with Crippen molar-refractivity contribution in [3.8, 4) is 0 Å². The molecule has 0 radical (unpaired) electrons. The van der Waals surface area contributed by atoms with Crippen LogP contribution in [0.1, 0.15) is 31.0 Å². The average Bonchev–Trinajstić information content (AvgIpc) is 2.83. The van der Waals surface area contributed by atoms with Gasteiger partial charge in [-0.3, -0.25) is 0 Å². The van der Waals surface area contributed by atoms with Crippen molar-refractivity contribution in [2.24, 2.45) is 0 Å². The van der Waals surface area contributed by atoms with Crippen LogP contribution in [0.4, 0.5) is 0 Å². The van der Waals surface area contributed by atoms with Gasteiger partial charge in [0.15, 0.2) is 0 Å². The predicted octanol–water partition coefficient (Wildman–Crippen LogP) is 1.04. The average molecular weight is 211 g/mol. The van der Waals surface area contributed by atoms with Crippen molar-refractivity contribution in [2.45, 2.75) is 44.9 Å². The van der Waals surface area contributed by atoms with E-state index >= 15 is 0 Å². The van der Waals surface area contributed by atoms with Gasteiger partial charge in [0.05, 0.1) is 12.6 Å². The van der Waals surface area contributed by atoms with E-state index in [2.05, 4.69) is 15.5 Å². The molecule has 1 heterocycles. The second-order valence-corrected chi connectivity index (χ2v) is 3.91. The lowest BCUT2D eigenvalue weighted by atomic mass is 10.2. The second kappa shape index (κ2) is 4.72. The lowest BCUT2D eigenvalue weighted by Crippen LogP contribution is -2.36. The molecule has 0 bridgehead atoms. The van der Waals surface area contributed by atoms with Gasteiger partial charge in [-0.2, -0.15) is 0 Å². The maximum atomic E-state index is 5.39. The summed E-state index contributed by atoms with van der Waals surface area (Å²) in [6.07, 6.45) is 3.84. The van der Waals surface area contributed by atoms with Crippen molar-refractivity contribution in [2.75, 3.05) is 7.11 Å². The summed E-state index contributed by atoms with van der Waals surface area (Å²) in [5, 5.41) is 11.1. The molecule has 5 heteroatoms. The third-order valence-corrected chi connectivity index (χ3v) is 2.84. The van der Waals surface area contributed by atoms with Gasteiger partial charge in [-0.1, -0.05) is 0 Å². The molecular formula is C10H17N3O2. The zero-order valence-electron chi connectivity index (χ0n) is 9.19. The van der Waals surface area contributed by atoms with E-state index < -0.39 is 0 Å². The molecule has 0 amide bonds. The number of hydrogen-bond donors (Lipinski definition) is 1. The minimum atomic E-state index is 0.328. The van der Waals surface area contributed by atoms with Crippen molar-refractivity contribution in [3.63, 3.8) is 0 Å². The summed E-state index contributed by atoms with van der Waals surface area (Å²) in [4.78, 5) is 0. The van der Waals surface area contributed by atoms with Gasteiger partial charge in [-0.15, -0.1) is 10.2 Å². The normalized spacial score (nSPS) is 26.0. The Kier molecular flexibility index (Phi) is 3.33. The molecule has 2 rings (SSSR count). The number of aryl methyl sites for hydroxylation is 1. The molecule has 0 saturated heterocycles. The third-order valence-electron chi connectivity index (χ3n) is 2.84. The molecular weight excluding hydrogens is 194 g/mol. The molecule has 1 aliphatic carbocycles. The minimum Gasteiger partial charge on any atom is -0.424 e. The number of aromatic nitrogens is 2. The first-order valence-electron chi connectivity index (χ1n) is 5.35.